The Morgan fingerprint density at radius 2 is 1.52 bits per heavy atom. The molecule has 0 atom stereocenters. The molecule has 0 unspecified atom stereocenters. The third-order valence-electron chi connectivity index (χ3n) is 5.41. The number of ether oxygens (including phenoxy) is 2. The summed E-state index contributed by atoms with van der Waals surface area (Å²) in [6.07, 6.45) is 0. The normalized spacial score (nSPS) is 10.9. The van der Waals surface area contributed by atoms with Gasteiger partial charge in [-0.1, -0.05) is 84.4 Å². The van der Waals surface area contributed by atoms with Crippen LogP contribution in [-0.2, 0) is 4.74 Å². The number of hydrogen-bond acceptors (Lipinski definition) is 4. The SMILES string of the molecule is O=C(OCCOc1ccccc1Cl)c1cc(-c2cccc3ccccc23)nc2ccccc12. The molecule has 0 aliphatic carbocycles. The molecule has 0 fully saturated rings. The van der Waals surface area contributed by atoms with Gasteiger partial charge in [0.15, 0.2) is 0 Å². The number of hydrogen-bond donors (Lipinski definition) is 0. The second-order valence-electron chi connectivity index (χ2n) is 7.51. The molecule has 0 N–H and O–H groups in total. The second-order valence-corrected chi connectivity index (χ2v) is 7.92. The van der Waals surface area contributed by atoms with E-state index in [9.17, 15) is 4.79 Å². The summed E-state index contributed by atoms with van der Waals surface area (Å²) in [6, 6.07) is 30.8. The smallest absolute Gasteiger partial charge is 0.339 e. The number of para-hydroxylation sites is 2. The zero-order chi connectivity index (χ0) is 22.6. The molecule has 162 valence electrons. The van der Waals surface area contributed by atoms with Crippen LogP contribution < -0.4 is 4.74 Å². The van der Waals surface area contributed by atoms with Crippen molar-refractivity contribution in [1.82, 2.24) is 4.98 Å². The number of rotatable bonds is 6. The van der Waals surface area contributed by atoms with E-state index in [4.69, 9.17) is 26.1 Å². The summed E-state index contributed by atoms with van der Waals surface area (Å²) in [7, 11) is 0. The minimum absolute atomic E-state index is 0.101. The Kier molecular flexibility index (Phi) is 5.92. The number of esters is 1. The van der Waals surface area contributed by atoms with Crippen molar-refractivity contribution in [1.29, 1.82) is 0 Å². The van der Waals surface area contributed by atoms with E-state index in [-0.39, 0.29) is 13.2 Å². The Balaban J connectivity index is 1.44. The maximum absolute atomic E-state index is 13.1. The topological polar surface area (TPSA) is 48.4 Å². The van der Waals surface area contributed by atoms with Crippen LogP contribution in [0.25, 0.3) is 32.9 Å². The fraction of sp³-hybridized carbons (Fsp3) is 0.0714. The molecule has 0 bridgehead atoms. The summed E-state index contributed by atoms with van der Waals surface area (Å²) in [6.45, 7) is 0.305. The third kappa shape index (κ3) is 4.38. The van der Waals surface area contributed by atoms with Gasteiger partial charge >= 0.3 is 5.97 Å². The van der Waals surface area contributed by atoms with Crippen LogP contribution in [0, 0.1) is 0 Å². The fourth-order valence-corrected chi connectivity index (χ4v) is 4.05. The number of aromatic nitrogens is 1. The average Bonchev–Trinajstić information content (AvgIpc) is 2.86. The summed E-state index contributed by atoms with van der Waals surface area (Å²) < 4.78 is 11.2. The Bertz CT molecular complexity index is 1460. The summed E-state index contributed by atoms with van der Waals surface area (Å²) in [5.74, 6) is 0.140. The third-order valence-corrected chi connectivity index (χ3v) is 5.72. The van der Waals surface area contributed by atoms with Crippen LogP contribution in [0.5, 0.6) is 5.75 Å². The predicted molar refractivity (Wildman–Crippen MR) is 132 cm³/mol. The minimum Gasteiger partial charge on any atom is -0.488 e. The Hall–Kier alpha value is -3.89. The van der Waals surface area contributed by atoms with E-state index in [0.29, 0.717) is 16.3 Å². The molecule has 1 heterocycles. The van der Waals surface area contributed by atoms with Crippen molar-refractivity contribution in [3.05, 3.63) is 108 Å². The van der Waals surface area contributed by atoms with Crippen molar-refractivity contribution in [2.75, 3.05) is 13.2 Å². The number of nitrogens with zero attached hydrogens (tertiary/aromatic N) is 1. The van der Waals surface area contributed by atoms with Gasteiger partial charge in [-0.2, -0.15) is 0 Å². The highest BCUT2D eigenvalue weighted by Gasteiger charge is 2.16. The zero-order valence-electron chi connectivity index (χ0n) is 17.7. The van der Waals surface area contributed by atoms with E-state index in [1.807, 2.05) is 60.7 Å². The van der Waals surface area contributed by atoms with Gasteiger partial charge in [0.25, 0.3) is 0 Å². The maximum atomic E-state index is 13.1. The molecule has 0 saturated heterocycles. The lowest BCUT2D eigenvalue weighted by Gasteiger charge is -2.12. The van der Waals surface area contributed by atoms with Crippen LogP contribution in [0.4, 0.5) is 0 Å². The van der Waals surface area contributed by atoms with Gasteiger partial charge in [0, 0.05) is 10.9 Å². The molecular formula is C28H20ClNO3. The molecule has 5 aromatic rings. The number of halogens is 1. The number of carbonyl (C=O) groups is 1. The first-order chi connectivity index (χ1) is 16.2. The van der Waals surface area contributed by atoms with Crippen molar-refractivity contribution >= 4 is 39.2 Å². The quantitative estimate of drug-likeness (QED) is 0.206. The van der Waals surface area contributed by atoms with Crippen LogP contribution in [0.15, 0.2) is 97.1 Å². The van der Waals surface area contributed by atoms with Crippen molar-refractivity contribution < 1.29 is 14.3 Å². The standard InChI is InChI=1S/C28H20ClNO3/c29-24-13-4-6-15-27(24)32-16-17-33-28(31)23-18-26(30-25-14-5-3-11-22(23)25)21-12-7-9-19-8-1-2-10-20(19)21/h1-15,18H,16-17H2. The Labute approximate surface area is 196 Å². The lowest BCUT2D eigenvalue weighted by molar-refractivity contribution is 0.0453. The largest absolute Gasteiger partial charge is 0.488 e. The van der Waals surface area contributed by atoms with E-state index < -0.39 is 5.97 Å². The highest BCUT2D eigenvalue weighted by Crippen LogP contribution is 2.31. The molecule has 1 aromatic heterocycles. The lowest BCUT2D eigenvalue weighted by atomic mass is 9.99. The van der Waals surface area contributed by atoms with Crippen LogP contribution >= 0.6 is 11.6 Å². The van der Waals surface area contributed by atoms with E-state index in [1.54, 1.807) is 18.2 Å². The molecule has 0 radical (unpaired) electrons. The van der Waals surface area contributed by atoms with Gasteiger partial charge in [-0.3, -0.25) is 0 Å². The van der Waals surface area contributed by atoms with Crippen LogP contribution in [0.1, 0.15) is 10.4 Å². The van der Waals surface area contributed by atoms with Gasteiger partial charge in [-0.05, 0) is 35.0 Å². The molecule has 0 saturated carbocycles. The predicted octanol–water partition coefficient (Wildman–Crippen LogP) is 6.94. The number of carbonyl (C=O) groups excluding carboxylic acids is 1. The van der Waals surface area contributed by atoms with Gasteiger partial charge < -0.3 is 9.47 Å². The van der Waals surface area contributed by atoms with Crippen molar-refractivity contribution in [3.8, 4) is 17.0 Å². The van der Waals surface area contributed by atoms with Gasteiger partial charge in [0.1, 0.15) is 19.0 Å². The van der Waals surface area contributed by atoms with E-state index in [2.05, 4.69) is 18.2 Å². The number of pyridine rings is 1. The first-order valence-corrected chi connectivity index (χ1v) is 11.0. The van der Waals surface area contributed by atoms with Gasteiger partial charge in [-0.15, -0.1) is 0 Å². The molecule has 33 heavy (non-hydrogen) atoms. The monoisotopic (exact) mass is 453 g/mol. The first kappa shape index (κ1) is 21.0. The maximum Gasteiger partial charge on any atom is 0.339 e. The summed E-state index contributed by atoms with van der Waals surface area (Å²) >= 11 is 6.10. The van der Waals surface area contributed by atoms with Gasteiger partial charge in [0.05, 0.1) is 21.8 Å². The van der Waals surface area contributed by atoms with Crippen LogP contribution in [0.3, 0.4) is 0 Å². The average molecular weight is 454 g/mol. The molecule has 5 heteroatoms. The highest BCUT2D eigenvalue weighted by atomic mass is 35.5. The lowest BCUT2D eigenvalue weighted by Crippen LogP contribution is -2.13. The van der Waals surface area contributed by atoms with Crippen LogP contribution in [-0.4, -0.2) is 24.2 Å². The molecule has 0 aliphatic rings. The van der Waals surface area contributed by atoms with Gasteiger partial charge in [-0.25, -0.2) is 9.78 Å². The summed E-state index contributed by atoms with van der Waals surface area (Å²) in [5.41, 5.74) is 2.91. The molecule has 0 spiro atoms. The Morgan fingerprint density at radius 1 is 0.788 bits per heavy atom. The fourth-order valence-electron chi connectivity index (χ4n) is 3.86. The zero-order valence-corrected chi connectivity index (χ0v) is 18.5. The molecule has 0 amide bonds. The molecule has 0 aliphatic heterocycles. The molecule has 4 aromatic carbocycles. The van der Waals surface area contributed by atoms with Crippen molar-refractivity contribution in [2.24, 2.45) is 0 Å². The van der Waals surface area contributed by atoms with E-state index in [1.165, 1.54) is 0 Å². The minimum atomic E-state index is -0.419. The van der Waals surface area contributed by atoms with E-state index in [0.717, 1.165) is 32.9 Å². The van der Waals surface area contributed by atoms with E-state index >= 15 is 0 Å². The Morgan fingerprint density at radius 3 is 2.39 bits per heavy atom. The number of benzene rings is 4. The molecule has 4 nitrogen and oxygen atoms in total. The first-order valence-electron chi connectivity index (χ1n) is 10.6. The summed E-state index contributed by atoms with van der Waals surface area (Å²) in [5, 5.41) is 3.46. The molecular weight excluding hydrogens is 434 g/mol. The van der Waals surface area contributed by atoms with Crippen molar-refractivity contribution in [2.45, 2.75) is 0 Å². The molecule has 5 rings (SSSR count). The highest BCUT2D eigenvalue weighted by molar-refractivity contribution is 6.32. The van der Waals surface area contributed by atoms with Crippen LogP contribution in [0.2, 0.25) is 5.02 Å². The van der Waals surface area contributed by atoms with Gasteiger partial charge in [0.2, 0.25) is 0 Å². The van der Waals surface area contributed by atoms with Crippen molar-refractivity contribution in [3.63, 3.8) is 0 Å². The second kappa shape index (κ2) is 9.31. The number of fused-ring (bicyclic) bond motifs is 2. The summed E-state index contributed by atoms with van der Waals surface area (Å²) in [4.78, 5) is 17.9.